The SMILES string of the molecule is C=C(C)C(=O)O.C=C(C)C(=O)O.C=C(C)C(=O)O.CC(C)(c1ccc(O)cc1)c1ccc(O)cc1. The summed E-state index contributed by atoms with van der Waals surface area (Å²) in [5, 5.41) is 42.3. The fourth-order valence-corrected chi connectivity index (χ4v) is 1.92. The van der Waals surface area contributed by atoms with Gasteiger partial charge in [-0.05, 0) is 56.2 Å². The van der Waals surface area contributed by atoms with Crippen LogP contribution < -0.4 is 0 Å². The molecule has 0 amide bonds. The number of rotatable bonds is 5. The van der Waals surface area contributed by atoms with Gasteiger partial charge in [0.1, 0.15) is 11.5 Å². The highest BCUT2D eigenvalue weighted by molar-refractivity contribution is 5.85. The summed E-state index contributed by atoms with van der Waals surface area (Å²) in [5.41, 5.74) is 2.63. The Hall–Kier alpha value is -4.33. The van der Waals surface area contributed by atoms with Gasteiger partial charge in [0.2, 0.25) is 0 Å². The number of hydrogen-bond donors (Lipinski definition) is 5. The molecule has 0 aliphatic rings. The predicted molar refractivity (Wildman–Crippen MR) is 136 cm³/mol. The van der Waals surface area contributed by atoms with E-state index in [-0.39, 0.29) is 33.6 Å². The van der Waals surface area contributed by atoms with Gasteiger partial charge in [0.05, 0.1) is 0 Å². The van der Waals surface area contributed by atoms with Crippen molar-refractivity contribution in [2.24, 2.45) is 0 Å². The highest BCUT2D eigenvalue weighted by Crippen LogP contribution is 2.32. The summed E-state index contributed by atoms with van der Waals surface area (Å²) in [5.74, 6) is -2.26. The van der Waals surface area contributed by atoms with Gasteiger partial charge in [0.15, 0.2) is 0 Å². The first-order chi connectivity index (χ1) is 15.9. The van der Waals surface area contributed by atoms with Gasteiger partial charge in [-0.25, -0.2) is 14.4 Å². The number of carboxylic acids is 3. The number of phenolic OH excluding ortho intramolecular Hbond substituents is 2. The van der Waals surface area contributed by atoms with E-state index in [1.165, 1.54) is 20.8 Å². The molecule has 190 valence electrons. The van der Waals surface area contributed by atoms with Gasteiger partial charge in [-0.3, -0.25) is 0 Å². The maximum absolute atomic E-state index is 9.60. The molecule has 0 heterocycles. The average Bonchev–Trinajstić information content (AvgIpc) is 2.75. The Morgan fingerprint density at radius 3 is 0.886 bits per heavy atom. The zero-order valence-electron chi connectivity index (χ0n) is 20.7. The Morgan fingerprint density at radius 2 is 0.743 bits per heavy atom. The molecule has 2 aromatic carbocycles. The van der Waals surface area contributed by atoms with E-state index in [0.717, 1.165) is 11.1 Å². The van der Waals surface area contributed by atoms with Gasteiger partial charge in [0.25, 0.3) is 0 Å². The normalized spacial score (nSPS) is 9.40. The van der Waals surface area contributed by atoms with Crippen molar-refractivity contribution in [2.75, 3.05) is 0 Å². The molecule has 0 spiro atoms. The Balaban J connectivity index is 0. The van der Waals surface area contributed by atoms with Crippen LogP contribution in [0.3, 0.4) is 0 Å². The van der Waals surface area contributed by atoms with Crippen LogP contribution in [-0.2, 0) is 19.8 Å². The van der Waals surface area contributed by atoms with Crippen molar-refractivity contribution >= 4 is 17.9 Å². The molecule has 0 radical (unpaired) electrons. The second kappa shape index (κ2) is 15.5. The molecule has 0 bridgehead atoms. The third-order valence-corrected chi connectivity index (χ3v) is 4.27. The smallest absolute Gasteiger partial charge is 0.330 e. The van der Waals surface area contributed by atoms with Crippen molar-refractivity contribution in [3.63, 3.8) is 0 Å². The van der Waals surface area contributed by atoms with Crippen LogP contribution in [-0.4, -0.2) is 43.4 Å². The number of benzene rings is 2. The van der Waals surface area contributed by atoms with E-state index in [0.29, 0.717) is 0 Å². The summed E-state index contributed by atoms with van der Waals surface area (Å²) in [4.78, 5) is 28.8. The van der Waals surface area contributed by atoms with Crippen LogP contribution in [0.1, 0.15) is 45.7 Å². The molecule has 8 heteroatoms. The molecular weight excluding hydrogens is 452 g/mol. The van der Waals surface area contributed by atoms with Crippen molar-refractivity contribution in [1.29, 1.82) is 0 Å². The molecule has 5 N–H and O–H groups in total. The predicted octanol–water partition coefficient (Wildman–Crippen LogP) is 5.37. The van der Waals surface area contributed by atoms with Gasteiger partial charge in [0, 0.05) is 22.1 Å². The fourth-order valence-electron chi connectivity index (χ4n) is 1.92. The molecule has 0 unspecified atom stereocenters. The number of carbonyl (C=O) groups is 3. The minimum atomic E-state index is -0.935. The topological polar surface area (TPSA) is 152 Å². The quantitative estimate of drug-likeness (QED) is 0.354. The van der Waals surface area contributed by atoms with E-state index in [9.17, 15) is 24.6 Å². The van der Waals surface area contributed by atoms with Crippen molar-refractivity contribution in [3.05, 3.63) is 96.1 Å². The zero-order valence-corrected chi connectivity index (χ0v) is 20.7. The van der Waals surface area contributed by atoms with Crippen molar-refractivity contribution < 1.29 is 39.9 Å². The fraction of sp³-hybridized carbons (Fsp3) is 0.222. The van der Waals surface area contributed by atoms with Gasteiger partial charge in [-0.2, -0.15) is 0 Å². The maximum atomic E-state index is 9.60. The minimum Gasteiger partial charge on any atom is -0.508 e. The van der Waals surface area contributed by atoms with Gasteiger partial charge in [-0.1, -0.05) is 57.8 Å². The monoisotopic (exact) mass is 486 g/mol. The molecule has 2 rings (SSSR count). The first-order valence-corrected chi connectivity index (χ1v) is 10.2. The number of phenols is 2. The largest absolute Gasteiger partial charge is 0.508 e. The lowest BCUT2D eigenvalue weighted by Crippen LogP contribution is -2.18. The molecule has 0 saturated carbocycles. The number of hydrogen-bond acceptors (Lipinski definition) is 5. The number of carboxylic acid groups (broad SMARTS) is 3. The summed E-state index contributed by atoms with van der Waals surface area (Å²) < 4.78 is 0. The third kappa shape index (κ3) is 14.4. The summed E-state index contributed by atoms with van der Waals surface area (Å²) >= 11 is 0. The molecule has 0 aliphatic heterocycles. The Kier molecular flexibility index (Phi) is 14.5. The summed E-state index contributed by atoms with van der Waals surface area (Å²) in [6.07, 6.45) is 0. The van der Waals surface area contributed by atoms with Gasteiger partial charge >= 0.3 is 17.9 Å². The lowest BCUT2D eigenvalue weighted by atomic mass is 9.78. The molecule has 0 aliphatic carbocycles. The van der Waals surface area contributed by atoms with Crippen LogP contribution in [0.25, 0.3) is 0 Å². The average molecular weight is 487 g/mol. The van der Waals surface area contributed by atoms with Crippen molar-refractivity contribution in [1.82, 2.24) is 0 Å². The third-order valence-electron chi connectivity index (χ3n) is 4.27. The lowest BCUT2D eigenvalue weighted by molar-refractivity contribution is -0.133. The second-order valence-electron chi connectivity index (χ2n) is 7.98. The van der Waals surface area contributed by atoms with E-state index in [1.54, 1.807) is 24.3 Å². The van der Waals surface area contributed by atoms with Crippen LogP contribution in [0, 0.1) is 0 Å². The van der Waals surface area contributed by atoms with E-state index in [4.69, 9.17) is 15.3 Å². The van der Waals surface area contributed by atoms with Crippen LogP contribution >= 0.6 is 0 Å². The van der Waals surface area contributed by atoms with Gasteiger partial charge < -0.3 is 25.5 Å². The van der Waals surface area contributed by atoms with E-state index in [2.05, 4.69) is 33.6 Å². The van der Waals surface area contributed by atoms with Crippen LogP contribution in [0.5, 0.6) is 11.5 Å². The Bertz CT molecular complexity index is 889. The molecule has 0 fully saturated rings. The lowest BCUT2D eigenvalue weighted by Gasteiger charge is -2.26. The standard InChI is InChI=1S/C15H16O2.3C4H6O2/c1-15(2,11-3-7-13(16)8-4-11)12-5-9-14(17)10-6-12;3*1-3(2)4(5)6/h3-10,16-17H,1-2H3;3*1H2,2H3,(H,5,6). The zero-order chi connectivity index (χ0) is 27.9. The van der Waals surface area contributed by atoms with E-state index >= 15 is 0 Å². The number of aromatic hydroxyl groups is 2. The molecule has 8 nitrogen and oxygen atoms in total. The molecule has 0 atom stereocenters. The van der Waals surface area contributed by atoms with Crippen LogP contribution in [0.2, 0.25) is 0 Å². The van der Waals surface area contributed by atoms with Crippen molar-refractivity contribution in [2.45, 2.75) is 40.0 Å². The summed E-state index contributed by atoms with van der Waals surface area (Å²) in [6.45, 7) is 18.0. The van der Waals surface area contributed by atoms with Crippen LogP contribution in [0.4, 0.5) is 0 Å². The van der Waals surface area contributed by atoms with E-state index in [1.807, 2.05) is 24.3 Å². The summed E-state index contributed by atoms with van der Waals surface area (Å²) in [6, 6.07) is 14.4. The Labute approximate surface area is 205 Å². The highest BCUT2D eigenvalue weighted by atomic mass is 16.4. The minimum absolute atomic E-state index is 0.151. The molecular formula is C27H34O8. The molecule has 0 aromatic heterocycles. The van der Waals surface area contributed by atoms with E-state index < -0.39 is 17.9 Å². The molecule has 2 aromatic rings. The molecule has 0 saturated heterocycles. The first kappa shape index (κ1) is 32.8. The summed E-state index contributed by atoms with van der Waals surface area (Å²) in [7, 11) is 0. The van der Waals surface area contributed by atoms with Crippen LogP contribution in [0.15, 0.2) is 85.0 Å². The highest BCUT2D eigenvalue weighted by Gasteiger charge is 2.22. The van der Waals surface area contributed by atoms with Crippen molar-refractivity contribution in [3.8, 4) is 11.5 Å². The number of aliphatic carboxylic acids is 3. The van der Waals surface area contributed by atoms with Gasteiger partial charge in [-0.15, -0.1) is 0 Å². The molecule has 35 heavy (non-hydrogen) atoms. The first-order valence-electron chi connectivity index (χ1n) is 10.2. The maximum Gasteiger partial charge on any atom is 0.330 e. The Morgan fingerprint density at radius 1 is 0.571 bits per heavy atom. The second-order valence-corrected chi connectivity index (χ2v) is 7.98.